The highest BCUT2D eigenvalue weighted by Crippen LogP contribution is 2.24. The van der Waals surface area contributed by atoms with E-state index in [1.807, 2.05) is 12.1 Å². The number of hydrogen-bond acceptors (Lipinski definition) is 3. The number of rotatable bonds is 18. The standard InChI is InChI=1S/C30H43FO3/c1-3-5-7-9-11-12-14-16-25-17-19-26(20-18-25)30(32)34-27-21-22-29(28(31)24-27)33-23-15-13-10-8-6-4-2/h17-22,24H,3-16,23H2,1-2H3. The molecule has 0 spiro atoms. The van der Waals surface area contributed by atoms with Crippen LogP contribution >= 0.6 is 0 Å². The van der Waals surface area contributed by atoms with Crippen LogP contribution in [0, 0.1) is 5.82 Å². The van der Waals surface area contributed by atoms with Crippen LogP contribution in [0.1, 0.15) is 113 Å². The van der Waals surface area contributed by atoms with Gasteiger partial charge in [-0.15, -0.1) is 0 Å². The van der Waals surface area contributed by atoms with Gasteiger partial charge in [0.25, 0.3) is 0 Å². The van der Waals surface area contributed by atoms with Crippen LogP contribution in [-0.2, 0) is 6.42 Å². The van der Waals surface area contributed by atoms with Crippen LogP contribution < -0.4 is 9.47 Å². The van der Waals surface area contributed by atoms with E-state index in [0.717, 1.165) is 19.3 Å². The lowest BCUT2D eigenvalue weighted by Crippen LogP contribution is -2.09. The maximum atomic E-state index is 14.3. The molecule has 2 aromatic carbocycles. The molecule has 2 rings (SSSR count). The van der Waals surface area contributed by atoms with Gasteiger partial charge in [0.1, 0.15) is 5.75 Å². The highest BCUT2D eigenvalue weighted by Gasteiger charge is 2.11. The first-order valence-corrected chi connectivity index (χ1v) is 13.4. The molecule has 0 aromatic heterocycles. The molecule has 0 amide bonds. The van der Waals surface area contributed by atoms with Crippen molar-refractivity contribution in [3.63, 3.8) is 0 Å². The Morgan fingerprint density at radius 3 is 1.94 bits per heavy atom. The summed E-state index contributed by atoms with van der Waals surface area (Å²) in [4.78, 5) is 12.5. The van der Waals surface area contributed by atoms with E-state index in [0.29, 0.717) is 12.2 Å². The lowest BCUT2D eigenvalue weighted by Gasteiger charge is -2.09. The molecule has 0 saturated heterocycles. The largest absolute Gasteiger partial charge is 0.491 e. The Morgan fingerprint density at radius 1 is 0.735 bits per heavy atom. The molecule has 0 N–H and O–H groups in total. The normalized spacial score (nSPS) is 10.9. The zero-order chi connectivity index (χ0) is 24.4. The van der Waals surface area contributed by atoms with Gasteiger partial charge in [0.15, 0.2) is 11.6 Å². The predicted molar refractivity (Wildman–Crippen MR) is 138 cm³/mol. The van der Waals surface area contributed by atoms with Gasteiger partial charge >= 0.3 is 5.97 Å². The summed E-state index contributed by atoms with van der Waals surface area (Å²) in [5.41, 5.74) is 1.69. The van der Waals surface area contributed by atoms with Crippen LogP contribution in [0.2, 0.25) is 0 Å². The first-order chi connectivity index (χ1) is 16.6. The second-order valence-corrected chi connectivity index (χ2v) is 9.17. The van der Waals surface area contributed by atoms with Crippen molar-refractivity contribution in [2.45, 2.75) is 104 Å². The molecule has 0 bridgehead atoms. The summed E-state index contributed by atoms with van der Waals surface area (Å²) in [6, 6.07) is 11.8. The molecule has 0 fully saturated rings. The van der Waals surface area contributed by atoms with Gasteiger partial charge in [-0.25, -0.2) is 9.18 Å². The number of esters is 1. The zero-order valence-corrected chi connectivity index (χ0v) is 21.3. The smallest absolute Gasteiger partial charge is 0.343 e. The number of ether oxygens (including phenoxy) is 2. The number of carbonyl (C=O) groups excluding carboxylic acids is 1. The Balaban J connectivity index is 1.71. The molecule has 4 heteroatoms. The fourth-order valence-corrected chi connectivity index (χ4v) is 3.99. The molecule has 188 valence electrons. The summed E-state index contributed by atoms with van der Waals surface area (Å²) in [7, 11) is 0. The van der Waals surface area contributed by atoms with Gasteiger partial charge in [-0.2, -0.15) is 0 Å². The number of carbonyl (C=O) groups is 1. The Kier molecular flexibility index (Phi) is 14.0. The number of hydrogen-bond donors (Lipinski definition) is 0. The third-order valence-corrected chi connectivity index (χ3v) is 6.13. The predicted octanol–water partition coefficient (Wildman–Crippen LogP) is 9.08. The van der Waals surface area contributed by atoms with Crippen LogP contribution in [-0.4, -0.2) is 12.6 Å². The van der Waals surface area contributed by atoms with E-state index in [-0.39, 0.29) is 11.5 Å². The van der Waals surface area contributed by atoms with Gasteiger partial charge in [-0.1, -0.05) is 96.6 Å². The number of benzene rings is 2. The van der Waals surface area contributed by atoms with Crippen molar-refractivity contribution in [1.82, 2.24) is 0 Å². The van der Waals surface area contributed by atoms with Crippen LogP contribution in [0.15, 0.2) is 42.5 Å². The molecule has 0 saturated carbocycles. The van der Waals surface area contributed by atoms with Crippen LogP contribution in [0.25, 0.3) is 0 Å². The fraction of sp³-hybridized carbons (Fsp3) is 0.567. The molecular weight excluding hydrogens is 427 g/mol. The Bertz CT molecular complexity index is 816. The molecule has 0 aliphatic rings. The third kappa shape index (κ3) is 11.2. The van der Waals surface area contributed by atoms with Gasteiger partial charge in [-0.3, -0.25) is 0 Å². The summed E-state index contributed by atoms with van der Waals surface area (Å²) in [6.07, 6.45) is 16.9. The first kappa shape index (κ1) is 27.9. The molecule has 3 nitrogen and oxygen atoms in total. The van der Waals surface area contributed by atoms with Crippen molar-refractivity contribution in [3.8, 4) is 11.5 Å². The minimum atomic E-state index is -0.513. The Labute approximate surface area is 206 Å². The van der Waals surface area contributed by atoms with E-state index >= 15 is 0 Å². The molecular formula is C30H43FO3. The summed E-state index contributed by atoms with van der Waals surface area (Å²) in [6.45, 7) is 4.93. The SMILES string of the molecule is CCCCCCCCCc1ccc(C(=O)Oc2ccc(OCCCCCCCC)c(F)c2)cc1. The summed E-state index contributed by atoms with van der Waals surface area (Å²) in [5, 5.41) is 0. The molecule has 0 aliphatic heterocycles. The second-order valence-electron chi connectivity index (χ2n) is 9.17. The van der Waals surface area contributed by atoms with E-state index in [2.05, 4.69) is 13.8 Å². The maximum absolute atomic E-state index is 14.3. The van der Waals surface area contributed by atoms with Crippen LogP contribution in [0.4, 0.5) is 4.39 Å². The molecule has 0 heterocycles. The third-order valence-electron chi connectivity index (χ3n) is 6.13. The van der Waals surface area contributed by atoms with Crippen molar-refractivity contribution in [2.75, 3.05) is 6.61 Å². The van der Waals surface area contributed by atoms with Gasteiger partial charge in [0.05, 0.1) is 12.2 Å². The molecule has 0 aliphatic carbocycles. The molecule has 0 atom stereocenters. The van der Waals surface area contributed by atoms with Crippen molar-refractivity contribution in [2.24, 2.45) is 0 Å². The lowest BCUT2D eigenvalue weighted by atomic mass is 10.0. The number of aryl methyl sites for hydroxylation is 1. The van der Waals surface area contributed by atoms with Crippen LogP contribution in [0.5, 0.6) is 11.5 Å². The van der Waals surface area contributed by atoms with Gasteiger partial charge < -0.3 is 9.47 Å². The fourth-order valence-electron chi connectivity index (χ4n) is 3.99. The van der Waals surface area contributed by atoms with E-state index in [4.69, 9.17) is 9.47 Å². The van der Waals surface area contributed by atoms with Crippen molar-refractivity contribution >= 4 is 5.97 Å². The Morgan fingerprint density at radius 2 is 1.32 bits per heavy atom. The van der Waals surface area contributed by atoms with Crippen molar-refractivity contribution < 1.29 is 18.7 Å². The van der Waals surface area contributed by atoms with Gasteiger partial charge in [0.2, 0.25) is 0 Å². The number of unbranched alkanes of at least 4 members (excludes halogenated alkanes) is 11. The average molecular weight is 471 g/mol. The van der Waals surface area contributed by atoms with Gasteiger partial charge in [0, 0.05) is 6.07 Å². The van der Waals surface area contributed by atoms with E-state index in [1.165, 1.54) is 88.3 Å². The minimum Gasteiger partial charge on any atom is -0.491 e. The van der Waals surface area contributed by atoms with E-state index in [9.17, 15) is 9.18 Å². The monoisotopic (exact) mass is 470 g/mol. The summed E-state index contributed by atoms with van der Waals surface area (Å²) < 4.78 is 25.3. The number of halogens is 1. The second kappa shape index (κ2) is 17.1. The zero-order valence-electron chi connectivity index (χ0n) is 21.3. The highest BCUT2D eigenvalue weighted by atomic mass is 19.1. The first-order valence-electron chi connectivity index (χ1n) is 13.4. The highest BCUT2D eigenvalue weighted by molar-refractivity contribution is 5.91. The molecule has 2 aromatic rings. The molecule has 34 heavy (non-hydrogen) atoms. The summed E-state index contributed by atoms with van der Waals surface area (Å²) >= 11 is 0. The minimum absolute atomic E-state index is 0.182. The topological polar surface area (TPSA) is 35.5 Å². The van der Waals surface area contributed by atoms with Crippen LogP contribution in [0.3, 0.4) is 0 Å². The summed E-state index contributed by atoms with van der Waals surface area (Å²) in [5.74, 6) is -0.617. The average Bonchev–Trinajstić information content (AvgIpc) is 2.84. The molecule has 0 unspecified atom stereocenters. The lowest BCUT2D eigenvalue weighted by molar-refractivity contribution is 0.0734. The molecule has 0 radical (unpaired) electrons. The Hall–Kier alpha value is -2.36. The van der Waals surface area contributed by atoms with E-state index in [1.54, 1.807) is 18.2 Å². The van der Waals surface area contributed by atoms with Gasteiger partial charge in [-0.05, 0) is 49.1 Å². The van der Waals surface area contributed by atoms with Crippen molar-refractivity contribution in [1.29, 1.82) is 0 Å². The van der Waals surface area contributed by atoms with Crippen molar-refractivity contribution in [3.05, 3.63) is 59.4 Å². The van der Waals surface area contributed by atoms with E-state index < -0.39 is 11.8 Å². The quantitative estimate of drug-likeness (QED) is 0.124. The maximum Gasteiger partial charge on any atom is 0.343 e.